The SMILES string of the molecule is CC(C)(C(N)=O)S(=O)C1CCOCC1. The van der Waals surface area contributed by atoms with E-state index in [1.165, 1.54) is 0 Å². The standard InChI is InChI=1S/C9H17NO3S/c1-9(2,8(10)11)14(12)7-3-5-13-6-4-7/h7H,3-6H2,1-2H3,(H2,10,11). The summed E-state index contributed by atoms with van der Waals surface area (Å²) in [4.78, 5) is 11.1. The Morgan fingerprint density at radius 1 is 1.43 bits per heavy atom. The van der Waals surface area contributed by atoms with Gasteiger partial charge in [-0.3, -0.25) is 9.00 Å². The van der Waals surface area contributed by atoms with E-state index in [4.69, 9.17) is 10.5 Å². The third-order valence-corrected chi connectivity index (χ3v) is 4.85. The first kappa shape index (κ1) is 11.7. The minimum absolute atomic E-state index is 0.0475. The first-order valence-corrected chi connectivity index (χ1v) is 5.96. The van der Waals surface area contributed by atoms with Crippen LogP contribution in [0.2, 0.25) is 0 Å². The first-order valence-electron chi connectivity index (χ1n) is 4.74. The molecule has 0 radical (unpaired) electrons. The van der Waals surface area contributed by atoms with Crippen molar-refractivity contribution in [3.8, 4) is 0 Å². The predicted octanol–water partition coefficient (Wildman–Crippen LogP) is 0.178. The number of ether oxygens (including phenoxy) is 1. The lowest BCUT2D eigenvalue weighted by Gasteiger charge is -2.28. The zero-order chi connectivity index (χ0) is 10.8. The van der Waals surface area contributed by atoms with Crippen LogP contribution in [-0.4, -0.2) is 33.3 Å². The summed E-state index contributed by atoms with van der Waals surface area (Å²) in [6.07, 6.45) is 1.51. The molecule has 0 aliphatic carbocycles. The second-order valence-corrected chi connectivity index (χ2v) is 6.27. The fraction of sp³-hybridized carbons (Fsp3) is 0.889. The van der Waals surface area contributed by atoms with Crippen LogP contribution in [0.4, 0.5) is 0 Å². The molecule has 1 atom stereocenters. The number of rotatable bonds is 3. The van der Waals surface area contributed by atoms with Gasteiger partial charge in [-0.25, -0.2) is 0 Å². The molecule has 1 saturated heterocycles. The molecule has 0 bridgehead atoms. The van der Waals surface area contributed by atoms with E-state index in [-0.39, 0.29) is 5.25 Å². The van der Waals surface area contributed by atoms with Gasteiger partial charge in [-0.05, 0) is 26.7 Å². The molecule has 5 heteroatoms. The summed E-state index contributed by atoms with van der Waals surface area (Å²) in [5, 5.41) is 0.0475. The van der Waals surface area contributed by atoms with Crippen LogP contribution in [0.3, 0.4) is 0 Å². The van der Waals surface area contributed by atoms with E-state index in [1.807, 2.05) is 0 Å². The second-order valence-electron chi connectivity index (χ2n) is 3.98. The van der Waals surface area contributed by atoms with Crippen LogP contribution in [0.25, 0.3) is 0 Å². The van der Waals surface area contributed by atoms with Gasteiger partial charge in [0.2, 0.25) is 5.91 Å². The molecule has 0 saturated carbocycles. The summed E-state index contributed by atoms with van der Waals surface area (Å²) in [5.41, 5.74) is 5.21. The molecule has 1 rings (SSSR count). The molecule has 14 heavy (non-hydrogen) atoms. The molecule has 1 heterocycles. The number of carbonyl (C=O) groups excluding carboxylic acids is 1. The van der Waals surface area contributed by atoms with Gasteiger partial charge in [-0.2, -0.15) is 0 Å². The van der Waals surface area contributed by atoms with Crippen molar-refractivity contribution >= 4 is 16.7 Å². The van der Waals surface area contributed by atoms with Gasteiger partial charge in [-0.15, -0.1) is 0 Å². The number of primary amides is 1. The fourth-order valence-electron chi connectivity index (χ4n) is 1.41. The van der Waals surface area contributed by atoms with E-state index in [2.05, 4.69) is 0 Å². The highest BCUT2D eigenvalue weighted by Crippen LogP contribution is 2.23. The largest absolute Gasteiger partial charge is 0.381 e. The quantitative estimate of drug-likeness (QED) is 0.736. The van der Waals surface area contributed by atoms with Crippen molar-refractivity contribution in [2.45, 2.75) is 36.7 Å². The topological polar surface area (TPSA) is 69.4 Å². The number of carbonyl (C=O) groups is 1. The van der Waals surface area contributed by atoms with Gasteiger partial charge in [0.15, 0.2) is 0 Å². The molecule has 1 amide bonds. The van der Waals surface area contributed by atoms with Gasteiger partial charge in [0, 0.05) is 29.3 Å². The Kier molecular flexibility index (Phi) is 3.66. The highest BCUT2D eigenvalue weighted by atomic mass is 32.2. The smallest absolute Gasteiger partial charge is 0.235 e. The molecule has 0 aromatic carbocycles. The van der Waals surface area contributed by atoms with Crippen LogP contribution in [0.5, 0.6) is 0 Å². The number of hydrogen-bond acceptors (Lipinski definition) is 3. The van der Waals surface area contributed by atoms with Gasteiger partial charge in [-0.1, -0.05) is 0 Å². The molecule has 2 N–H and O–H groups in total. The van der Waals surface area contributed by atoms with Crippen molar-refractivity contribution < 1.29 is 13.7 Å². The van der Waals surface area contributed by atoms with Crippen LogP contribution in [0.1, 0.15) is 26.7 Å². The summed E-state index contributed by atoms with van der Waals surface area (Å²) in [6, 6.07) is 0. The van der Waals surface area contributed by atoms with E-state index in [0.29, 0.717) is 13.2 Å². The average molecular weight is 219 g/mol. The lowest BCUT2D eigenvalue weighted by molar-refractivity contribution is -0.119. The van der Waals surface area contributed by atoms with Crippen LogP contribution in [0.15, 0.2) is 0 Å². The van der Waals surface area contributed by atoms with Crippen LogP contribution < -0.4 is 5.73 Å². The Labute approximate surface area is 86.6 Å². The third-order valence-electron chi connectivity index (χ3n) is 2.57. The molecule has 1 unspecified atom stereocenters. The molecule has 4 nitrogen and oxygen atoms in total. The van der Waals surface area contributed by atoms with Gasteiger partial charge in [0.1, 0.15) is 4.75 Å². The first-order chi connectivity index (χ1) is 6.46. The molecule has 82 valence electrons. The Balaban J connectivity index is 2.67. The minimum atomic E-state index is -1.20. The normalized spacial score (nSPS) is 21.9. The molecule has 1 aliphatic rings. The number of amides is 1. The van der Waals surface area contributed by atoms with Crippen molar-refractivity contribution in [3.05, 3.63) is 0 Å². The van der Waals surface area contributed by atoms with E-state index in [0.717, 1.165) is 12.8 Å². The van der Waals surface area contributed by atoms with Crippen LogP contribution in [0, 0.1) is 0 Å². The lowest BCUT2D eigenvalue weighted by Crippen LogP contribution is -2.46. The van der Waals surface area contributed by atoms with Crippen molar-refractivity contribution in [3.63, 3.8) is 0 Å². The maximum Gasteiger partial charge on any atom is 0.235 e. The lowest BCUT2D eigenvalue weighted by atomic mass is 10.2. The Bertz CT molecular complexity index is 246. The number of hydrogen-bond donors (Lipinski definition) is 1. The highest BCUT2D eigenvalue weighted by Gasteiger charge is 2.37. The highest BCUT2D eigenvalue weighted by molar-refractivity contribution is 7.87. The second kappa shape index (κ2) is 4.40. The molecule has 0 aromatic rings. The molecular weight excluding hydrogens is 202 g/mol. The third kappa shape index (κ3) is 2.33. The minimum Gasteiger partial charge on any atom is -0.381 e. The van der Waals surface area contributed by atoms with Crippen LogP contribution >= 0.6 is 0 Å². The van der Waals surface area contributed by atoms with Gasteiger partial charge in [0.05, 0.1) is 0 Å². The Morgan fingerprint density at radius 3 is 2.36 bits per heavy atom. The molecule has 1 fully saturated rings. The molecule has 0 spiro atoms. The maximum absolute atomic E-state index is 12.0. The number of nitrogens with two attached hydrogens (primary N) is 1. The van der Waals surface area contributed by atoms with Crippen molar-refractivity contribution in [1.82, 2.24) is 0 Å². The van der Waals surface area contributed by atoms with E-state index >= 15 is 0 Å². The average Bonchev–Trinajstić information content (AvgIpc) is 2.17. The zero-order valence-electron chi connectivity index (χ0n) is 8.62. The molecule has 0 aromatic heterocycles. The van der Waals surface area contributed by atoms with Crippen molar-refractivity contribution in [1.29, 1.82) is 0 Å². The molecule has 1 aliphatic heterocycles. The summed E-state index contributed by atoms with van der Waals surface area (Å²) in [5.74, 6) is -0.498. The van der Waals surface area contributed by atoms with Crippen molar-refractivity contribution in [2.24, 2.45) is 5.73 Å². The summed E-state index contributed by atoms with van der Waals surface area (Å²) in [6.45, 7) is 4.54. The van der Waals surface area contributed by atoms with E-state index in [9.17, 15) is 9.00 Å². The predicted molar refractivity (Wildman–Crippen MR) is 55.3 cm³/mol. The van der Waals surface area contributed by atoms with Gasteiger partial charge < -0.3 is 10.5 Å². The fourth-order valence-corrected chi connectivity index (χ4v) is 3.06. The summed E-state index contributed by atoms with van der Waals surface area (Å²) < 4.78 is 16.3. The maximum atomic E-state index is 12.0. The Morgan fingerprint density at radius 2 is 1.93 bits per heavy atom. The molecular formula is C9H17NO3S. The summed E-state index contributed by atoms with van der Waals surface area (Å²) in [7, 11) is -1.20. The van der Waals surface area contributed by atoms with Gasteiger partial charge in [0.25, 0.3) is 0 Å². The van der Waals surface area contributed by atoms with Gasteiger partial charge >= 0.3 is 0 Å². The van der Waals surface area contributed by atoms with E-state index in [1.54, 1.807) is 13.8 Å². The van der Waals surface area contributed by atoms with E-state index < -0.39 is 21.5 Å². The monoisotopic (exact) mass is 219 g/mol. The Hall–Kier alpha value is -0.420. The summed E-state index contributed by atoms with van der Waals surface area (Å²) >= 11 is 0. The van der Waals surface area contributed by atoms with Crippen molar-refractivity contribution in [2.75, 3.05) is 13.2 Å². The van der Waals surface area contributed by atoms with Crippen LogP contribution in [-0.2, 0) is 20.3 Å². The zero-order valence-corrected chi connectivity index (χ0v) is 9.43.